The number of nitrogens with one attached hydrogen (secondary N) is 3. The fourth-order valence-corrected chi connectivity index (χ4v) is 2.10. The van der Waals surface area contributed by atoms with Crippen LogP contribution in [0.4, 0.5) is 0 Å². The number of hydrogen-bond acceptors (Lipinski definition) is 4. The first-order valence-electron chi connectivity index (χ1n) is 4.84. The molecule has 1 aromatic rings. The molecule has 0 unspecified atom stereocenters. The summed E-state index contributed by atoms with van der Waals surface area (Å²) in [4.78, 5) is 0. The zero-order valence-electron chi connectivity index (χ0n) is 8.73. The summed E-state index contributed by atoms with van der Waals surface area (Å²) in [5.74, 6) is 0.122. The van der Waals surface area contributed by atoms with Gasteiger partial charge in [-0.1, -0.05) is 0 Å². The van der Waals surface area contributed by atoms with E-state index in [1.807, 2.05) is 0 Å². The Balaban J connectivity index is 2.30. The van der Waals surface area contributed by atoms with Crippen molar-refractivity contribution in [1.82, 2.24) is 14.9 Å². The number of aromatic nitrogens is 2. The third kappa shape index (κ3) is 3.99. The molecule has 0 bridgehead atoms. The predicted octanol–water partition coefficient (Wildman–Crippen LogP) is -0.206. The third-order valence-corrected chi connectivity index (χ3v) is 3.32. The van der Waals surface area contributed by atoms with Crippen LogP contribution in [-0.4, -0.2) is 31.0 Å². The molecule has 0 aliphatic heterocycles. The molecule has 0 aliphatic carbocycles. The van der Waals surface area contributed by atoms with Crippen LogP contribution in [0.1, 0.15) is 19.3 Å². The van der Waals surface area contributed by atoms with Crippen molar-refractivity contribution in [2.45, 2.75) is 24.3 Å². The summed E-state index contributed by atoms with van der Waals surface area (Å²) in [6.45, 7) is 0.328. The molecule has 0 spiro atoms. The Morgan fingerprint density at radius 3 is 2.88 bits per heavy atom. The second-order valence-corrected chi connectivity index (χ2v) is 5.04. The van der Waals surface area contributed by atoms with E-state index < -0.39 is 10.0 Å². The highest BCUT2D eigenvalue weighted by Gasteiger charge is 2.13. The Labute approximate surface area is 94.0 Å². The molecular weight excluding hydrogens is 230 g/mol. The van der Waals surface area contributed by atoms with Crippen molar-refractivity contribution in [3.8, 4) is 0 Å². The summed E-state index contributed by atoms with van der Waals surface area (Å²) in [7, 11) is -3.47. The highest BCUT2D eigenvalue weighted by Crippen LogP contribution is 2.02. The Hall–Kier alpha value is -1.41. The van der Waals surface area contributed by atoms with Gasteiger partial charge in [0.05, 0.1) is 12.0 Å². The van der Waals surface area contributed by atoms with E-state index in [2.05, 4.69) is 14.9 Å². The maximum Gasteiger partial charge on any atom is 0.257 e. The molecule has 0 atom stereocenters. The van der Waals surface area contributed by atoms with E-state index >= 15 is 0 Å². The van der Waals surface area contributed by atoms with Gasteiger partial charge in [0.2, 0.25) is 0 Å². The molecule has 0 amide bonds. The molecule has 0 aromatic carbocycles. The van der Waals surface area contributed by atoms with Gasteiger partial charge < -0.3 is 5.73 Å². The van der Waals surface area contributed by atoms with Gasteiger partial charge in [0.15, 0.2) is 5.03 Å². The average molecular weight is 245 g/mol. The molecule has 0 saturated carbocycles. The van der Waals surface area contributed by atoms with Crippen molar-refractivity contribution >= 4 is 15.9 Å². The first-order valence-corrected chi connectivity index (χ1v) is 6.32. The molecule has 0 fully saturated rings. The number of nitrogens with two attached hydrogens (primary N) is 1. The van der Waals surface area contributed by atoms with Gasteiger partial charge in [-0.15, -0.1) is 0 Å². The number of H-pyrrole nitrogens is 1. The SMILES string of the molecule is N=C(N)CCCCNS(=O)(=O)c1ccn[nH]1. The Kier molecular flexibility index (Phi) is 4.44. The fraction of sp³-hybridized carbons (Fsp3) is 0.500. The van der Waals surface area contributed by atoms with Crippen LogP contribution in [0.2, 0.25) is 0 Å². The number of rotatable bonds is 7. The zero-order valence-corrected chi connectivity index (χ0v) is 9.55. The Morgan fingerprint density at radius 2 is 2.31 bits per heavy atom. The molecule has 7 nitrogen and oxygen atoms in total. The summed E-state index contributed by atoms with van der Waals surface area (Å²) in [6.07, 6.45) is 3.21. The molecule has 8 heteroatoms. The van der Waals surface area contributed by atoms with Crippen molar-refractivity contribution in [2.24, 2.45) is 5.73 Å². The summed E-state index contributed by atoms with van der Waals surface area (Å²) in [5, 5.41) is 13.0. The molecule has 1 aromatic heterocycles. The molecule has 0 aliphatic rings. The van der Waals surface area contributed by atoms with Crippen LogP contribution in [0.5, 0.6) is 0 Å². The van der Waals surface area contributed by atoms with E-state index in [1.165, 1.54) is 12.3 Å². The normalized spacial score (nSPS) is 11.5. The molecule has 90 valence electrons. The van der Waals surface area contributed by atoms with Crippen LogP contribution in [0.15, 0.2) is 17.3 Å². The predicted molar refractivity (Wildman–Crippen MR) is 59.5 cm³/mol. The summed E-state index contributed by atoms with van der Waals surface area (Å²) in [5.41, 5.74) is 5.17. The minimum atomic E-state index is -3.47. The van der Waals surface area contributed by atoms with Gasteiger partial charge in [-0.2, -0.15) is 5.10 Å². The molecule has 0 radical (unpaired) electrons. The van der Waals surface area contributed by atoms with Gasteiger partial charge in [-0.05, 0) is 18.9 Å². The Morgan fingerprint density at radius 1 is 1.56 bits per heavy atom. The number of sulfonamides is 1. The maximum atomic E-state index is 11.5. The lowest BCUT2D eigenvalue weighted by molar-refractivity contribution is 0.573. The Bertz CT molecular complexity index is 425. The lowest BCUT2D eigenvalue weighted by Crippen LogP contribution is -2.25. The van der Waals surface area contributed by atoms with Gasteiger partial charge in [0.25, 0.3) is 10.0 Å². The van der Waals surface area contributed by atoms with Crippen LogP contribution in [0, 0.1) is 5.41 Å². The minimum Gasteiger partial charge on any atom is -0.388 e. The molecule has 5 N–H and O–H groups in total. The van der Waals surface area contributed by atoms with E-state index in [0.29, 0.717) is 25.8 Å². The lowest BCUT2D eigenvalue weighted by Gasteiger charge is -2.03. The van der Waals surface area contributed by atoms with Crippen molar-refractivity contribution in [3.05, 3.63) is 12.3 Å². The summed E-state index contributed by atoms with van der Waals surface area (Å²) in [6, 6.07) is 1.39. The van der Waals surface area contributed by atoms with E-state index in [1.54, 1.807) is 0 Å². The lowest BCUT2D eigenvalue weighted by atomic mass is 10.2. The average Bonchev–Trinajstić information content (AvgIpc) is 2.69. The first-order chi connectivity index (χ1) is 7.52. The highest BCUT2D eigenvalue weighted by molar-refractivity contribution is 7.89. The van der Waals surface area contributed by atoms with Crippen LogP contribution in [0.25, 0.3) is 0 Å². The molecule has 1 heterocycles. The zero-order chi connectivity index (χ0) is 12.0. The molecular formula is C8H15N5O2S. The largest absolute Gasteiger partial charge is 0.388 e. The highest BCUT2D eigenvalue weighted by atomic mass is 32.2. The fourth-order valence-electron chi connectivity index (χ4n) is 1.12. The van der Waals surface area contributed by atoms with Crippen LogP contribution in [0.3, 0.4) is 0 Å². The van der Waals surface area contributed by atoms with Gasteiger partial charge >= 0.3 is 0 Å². The van der Waals surface area contributed by atoms with Gasteiger partial charge in [-0.25, -0.2) is 13.1 Å². The number of aromatic amines is 1. The molecule has 0 saturated heterocycles. The number of unbranched alkanes of at least 4 members (excludes halogenated alkanes) is 1. The second-order valence-electron chi connectivity index (χ2n) is 3.30. The van der Waals surface area contributed by atoms with E-state index in [9.17, 15) is 8.42 Å². The second kappa shape index (κ2) is 5.61. The third-order valence-electron chi connectivity index (χ3n) is 1.93. The van der Waals surface area contributed by atoms with Crippen molar-refractivity contribution in [1.29, 1.82) is 5.41 Å². The maximum absolute atomic E-state index is 11.5. The van der Waals surface area contributed by atoms with Crippen molar-refractivity contribution in [2.75, 3.05) is 6.54 Å². The smallest absolute Gasteiger partial charge is 0.257 e. The van der Waals surface area contributed by atoms with E-state index in [4.69, 9.17) is 11.1 Å². The topological polar surface area (TPSA) is 125 Å². The van der Waals surface area contributed by atoms with Gasteiger partial charge in [-0.3, -0.25) is 10.5 Å². The summed E-state index contributed by atoms with van der Waals surface area (Å²) < 4.78 is 25.5. The molecule has 1 rings (SSSR count). The molecule has 16 heavy (non-hydrogen) atoms. The quantitative estimate of drug-likeness (QED) is 0.301. The van der Waals surface area contributed by atoms with Crippen molar-refractivity contribution in [3.63, 3.8) is 0 Å². The first kappa shape index (κ1) is 12.7. The number of amidine groups is 1. The standard InChI is InChI=1S/C8H15N5O2S/c9-7(10)3-1-2-5-12-16(14,15)8-4-6-11-13-8/h4,6,12H,1-3,5H2,(H3,9,10)(H,11,13). The minimum absolute atomic E-state index is 0.0547. The van der Waals surface area contributed by atoms with Crippen LogP contribution >= 0.6 is 0 Å². The van der Waals surface area contributed by atoms with Crippen molar-refractivity contribution < 1.29 is 8.42 Å². The van der Waals surface area contributed by atoms with Crippen LogP contribution < -0.4 is 10.5 Å². The number of nitrogens with zero attached hydrogens (tertiary/aromatic N) is 1. The van der Waals surface area contributed by atoms with E-state index in [-0.39, 0.29) is 10.9 Å². The number of hydrogen-bond donors (Lipinski definition) is 4. The van der Waals surface area contributed by atoms with Gasteiger partial charge in [0, 0.05) is 13.0 Å². The monoisotopic (exact) mass is 245 g/mol. The van der Waals surface area contributed by atoms with Crippen LogP contribution in [-0.2, 0) is 10.0 Å². The summed E-state index contributed by atoms with van der Waals surface area (Å²) >= 11 is 0. The van der Waals surface area contributed by atoms with Gasteiger partial charge in [0.1, 0.15) is 0 Å². The van der Waals surface area contributed by atoms with E-state index in [0.717, 1.165) is 0 Å².